The van der Waals surface area contributed by atoms with Crippen LogP contribution in [0.15, 0.2) is 84.9 Å². The smallest absolute Gasteiger partial charge is 0.250 e. The van der Waals surface area contributed by atoms with Crippen molar-refractivity contribution in [2.24, 2.45) is 5.92 Å². The number of likely N-dealkylation sites (N-methyl/N-ethyl adjacent to an activating group) is 1. The Morgan fingerprint density at radius 3 is 1.94 bits per heavy atom. The molecule has 3 rings (SSSR count). The highest BCUT2D eigenvalue weighted by molar-refractivity contribution is 5.89. The Morgan fingerprint density at radius 1 is 0.778 bits per heavy atom. The molecule has 0 unspecified atom stereocenters. The maximum Gasteiger partial charge on any atom is 0.250 e. The summed E-state index contributed by atoms with van der Waals surface area (Å²) in [5.74, 6) is 0.234. The van der Waals surface area contributed by atoms with Gasteiger partial charge < -0.3 is 15.1 Å². The Morgan fingerprint density at radius 2 is 1.36 bits per heavy atom. The van der Waals surface area contributed by atoms with Crippen LogP contribution in [-0.4, -0.2) is 48.8 Å². The van der Waals surface area contributed by atoms with E-state index in [0.29, 0.717) is 25.4 Å². The van der Waals surface area contributed by atoms with Gasteiger partial charge in [-0.3, -0.25) is 9.59 Å². The summed E-state index contributed by atoms with van der Waals surface area (Å²) >= 11 is 0. The molecule has 36 heavy (non-hydrogen) atoms. The van der Waals surface area contributed by atoms with Gasteiger partial charge in [-0.1, -0.05) is 98.8 Å². The highest BCUT2D eigenvalue weighted by atomic mass is 16.2. The fourth-order valence-electron chi connectivity index (χ4n) is 4.01. The number of nitrogens with one attached hydrogen (secondary N) is 1. The molecule has 0 spiro atoms. The molecule has 0 aliphatic heterocycles. The fourth-order valence-corrected chi connectivity index (χ4v) is 4.01. The third-order valence-corrected chi connectivity index (χ3v) is 6.20. The monoisotopic (exact) mass is 485 g/mol. The minimum atomic E-state index is -0.736. The van der Waals surface area contributed by atoms with Crippen molar-refractivity contribution in [2.45, 2.75) is 39.3 Å². The first-order valence-corrected chi connectivity index (χ1v) is 12.8. The molecule has 0 bridgehead atoms. The van der Waals surface area contributed by atoms with E-state index in [1.807, 2.05) is 91.8 Å². The molecule has 0 saturated heterocycles. The molecular formula is C31H39N3O2. The molecule has 1 N–H and O–H groups in total. The first kappa shape index (κ1) is 27.2. The van der Waals surface area contributed by atoms with Gasteiger partial charge in [0.2, 0.25) is 11.8 Å². The predicted molar refractivity (Wildman–Crippen MR) is 147 cm³/mol. The molecule has 190 valence electrons. The Hall–Kier alpha value is -3.44. The van der Waals surface area contributed by atoms with E-state index in [1.165, 1.54) is 0 Å². The van der Waals surface area contributed by atoms with Crippen LogP contribution in [0.3, 0.4) is 0 Å². The van der Waals surface area contributed by atoms with Gasteiger partial charge in [-0.25, -0.2) is 0 Å². The number of amides is 2. The van der Waals surface area contributed by atoms with Gasteiger partial charge in [0.1, 0.15) is 6.04 Å². The van der Waals surface area contributed by atoms with Gasteiger partial charge in [0, 0.05) is 26.1 Å². The minimum absolute atomic E-state index is 0.0916. The summed E-state index contributed by atoms with van der Waals surface area (Å²) in [6.45, 7) is 6.00. The van der Waals surface area contributed by atoms with Crippen molar-refractivity contribution in [2.75, 3.05) is 27.2 Å². The van der Waals surface area contributed by atoms with Crippen LogP contribution < -0.4 is 5.32 Å². The zero-order chi connectivity index (χ0) is 25.9. The zero-order valence-corrected chi connectivity index (χ0v) is 22.0. The maximum atomic E-state index is 14.0. The van der Waals surface area contributed by atoms with Crippen LogP contribution >= 0.6 is 0 Å². The topological polar surface area (TPSA) is 52.7 Å². The summed E-state index contributed by atoms with van der Waals surface area (Å²) in [5.41, 5.74) is 4.05. The molecule has 0 saturated carbocycles. The summed E-state index contributed by atoms with van der Waals surface area (Å²) in [6, 6.07) is 27.4. The van der Waals surface area contributed by atoms with Crippen molar-refractivity contribution < 1.29 is 9.59 Å². The molecule has 1 atom stereocenters. The second-order valence-electron chi connectivity index (χ2n) is 9.97. The number of benzene rings is 3. The standard InChI is InChI=1S/C31H39N3O2/c1-24(2)15-20-29(35)32-30(28-18-16-27(17-19-28)26-13-9-6-10-14-26)31(36)34(22-21-33(3)4)23-25-11-7-5-8-12-25/h5-14,16-19,24,30H,15,20-23H2,1-4H3,(H,32,35)/t30-/m1/s1. The van der Waals surface area contributed by atoms with E-state index in [9.17, 15) is 9.59 Å². The van der Waals surface area contributed by atoms with Crippen molar-refractivity contribution in [3.63, 3.8) is 0 Å². The highest BCUT2D eigenvalue weighted by Crippen LogP contribution is 2.24. The molecular weight excluding hydrogens is 446 g/mol. The van der Waals surface area contributed by atoms with Crippen molar-refractivity contribution in [1.29, 1.82) is 0 Å². The summed E-state index contributed by atoms with van der Waals surface area (Å²) in [4.78, 5) is 30.8. The molecule has 0 radical (unpaired) electrons. The van der Waals surface area contributed by atoms with Gasteiger partial charge in [0.15, 0.2) is 0 Å². The molecule has 0 aliphatic rings. The Bertz CT molecular complexity index is 1080. The molecule has 0 aromatic heterocycles. The molecule has 3 aromatic rings. The Labute approximate surface area is 216 Å². The van der Waals surface area contributed by atoms with Gasteiger partial charge in [0.05, 0.1) is 0 Å². The molecule has 5 nitrogen and oxygen atoms in total. The van der Waals surface area contributed by atoms with Gasteiger partial charge in [-0.05, 0) is 48.7 Å². The van der Waals surface area contributed by atoms with Crippen LogP contribution in [0.25, 0.3) is 11.1 Å². The summed E-state index contributed by atoms with van der Waals surface area (Å²) < 4.78 is 0. The average Bonchev–Trinajstić information content (AvgIpc) is 2.89. The van der Waals surface area contributed by atoms with Gasteiger partial charge in [-0.2, -0.15) is 0 Å². The van der Waals surface area contributed by atoms with E-state index in [4.69, 9.17) is 0 Å². The second-order valence-corrected chi connectivity index (χ2v) is 9.97. The quantitative estimate of drug-likeness (QED) is 0.367. The lowest BCUT2D eigenvalue weighted by Crippen LogP contribution is -2.44. The van der Waals surface area contributed by atoms with E-state index < -0.39 is 6.04 Å². The maximum absolute atomic E-state index is 14.0. The van der Waals surface area contributed by atoms with Gasteiger partial charge in [-0.15, -0.1) is 0 Å². The van der Waals surface area contributed by atoms with E-state index in [-0.39, 0.29) is 11.8 Å². The number of carbonyl (C=O) groups excluding carboxylic acids is 2. The van der Waals surface area contributed by atoms with Gasteiger partial charge in [0.25, 0.3) is 0 Å². The van der Waals surface area contributed by atoms with Crippen molar-refractivity contribution >= 4 is 11.8 Å². The highest BCUT2D eigenvalue weighted by Gasteiger charge is 2.28. The van der Waals surface area contributed by atoms with E-state index >= 15 is 0 Å². The SMILES string of the molecule is CC(C)CCC(=O)N[C@@H](C(=O)N(CCN(C)C)Cc1ccccc1)c1ccc(-c2ccccc2)cc1. The fraction of sp³-hybridized carbons (Fsp3) is 0.355. The summed E-state index contributed by atoms with van der Waals surface area (Å²) in [6.07, 6.45) is 1.19. The van der Waals surface area contributed by atoms with Crippen LogP contribution in [0.1, 0.15) is 43.9 Å². The first-order chi connectivity index (χ1) is 17.3. The van der Waals surface area contributed by atoms with E-state index in [1.54, 1.807) is 0 Å². The summed E-state index contributed by atoms with van der Waals surface area (Å²) in [7, 11) is 4.00. The van der Waals surface area contributed by atoms with Crippen LogP contribution in [0, 0.1) is 5.92 Å². The largest absolute Gasteiger partial charge is 0.341 e. The van der Waals surface area contributed by atoms with Crippen LogP contribution in [0.5, 0.6) is 0 Å². The summed E-state index contributed by atoms with van der Waals surface area (Å²) in [5, 5.41) is 3.06. The third-order valence-electron chi connectivity index (χ3n) is 6.20. The average molecular weight is 486 g/mol. The Balaban J connectivity index is 1.89. The number of hydrogen-bond donors (Lipinski definition) is 1. The number of hydrogen-bond acceptors (Lipinski definition) is 3. The number of carbonyl (C=O) groups is 2. The van der Waals surface area contributed by atoms with E-state index in [0.717, 1.165) is 35.2 Å². The molecule has 3 aromatic carbocycles. The molecule has 5 heteroatoms. The van der Waals surface area contributed by atoms with Crippen LogP contribution in [0.4, 0.5) is 0 Å². The molecule has 0 aliphatic carbocycles. The normalized spacial score (nSPS) is 11.9. The third kappa shape index (κ3) is 8.35. The molecule has 0 heterocycles. The second kappa shape index (κ2) is 13.6. The lowest BCUT2D eigenvalue weighted by Gasteiger charge is -2.29. The number of nitrogens with zero attached hydrogens (tertiary/aromatic N) is 2. The van der Waals surface area contributed by atoms with E-state index in [2.05, 4.69) is 36.2 Å². The lowest BCUT2D eigenvalue weighted by atomic mass is 9.99. The minimum Gasteiger partial charge on any atom is -0.341 e. The van der Waals surface area contributed by atoms with Crippen LogP contribution in [-0.2, 0) is 16.1 Å². The predicted octanol–water partition coefficient (Wildman–Crippen LogP) is 5.54. The van der Waals surface area contributed by atoms with Gasteiger partial charge >= 0.3 is 0 Å². The van der Waals surface area contributed by atoms with Crippen molar-refractivity contribution in [3.05, 3.63) is 96.1 Å². The van der Waals surface area contributed by atoms with Crippen molar-refractivity contribution in [1.82, 2.24) is 15.1 Å². The molecule has 2 amide bonds. The lowest BCUT2D eigenvalue weighted by molar-refractivity contribution is -0.137. The zero-order valence-electron chi connectivity index (χ0n) is 22.0. The molecule has 0 fully saturated rings. The first-order valence-electron chi connectivity index (χ1n) is 12.8. The Kier molecular flexibility index (Phi) is 10.3. The number of rotatable bonds is 12. The van der Waals surface area contributed by atoms with Crippen LogP contribution in [0.2, 0.25) is 0 Å². The van der Waals surface area contributed by atoms with Crippen molar-refractivity contribution in [3.8, 4) is 11.1 Å².